The van der Waals surface area contributed by atoms with E-state index in [2.05, 4.69) is 30.7 Å². The van der Waals surface area contributed by atoms with Gasteiger partial charge in [-0.15, -0.1) is 0 Å². The van der Waals surface area contributed by atoms with Gasteiger partial charge >= 0.3 is 0 Å². The molecule has 0 saturated carbocycles. The van der Waals surface area contributed by atoms with Gasteiger partial charge in [-0.1, -0.05) is 20.8 Å². The molecule has 0 amide bonds. The third-order valence-corrected chi connectivity index (χ3v) is 2.20. The van der Waals surface area contributed by atoms with Gasteiger partial charge in [-0.05, 0) is 6.42 Å². The van der Waals surface area contributed by atoms with Crippen molar-refractivity contribution < 1.29 is 0 Å². The lowest BCUT2D eigenvalue weighted by Gasteiger charge is -2.20. The van der Waals surface area contributed by atoms with Crippen LogP contribution in [0.4, 0.5) is 0 Å². The zero-order valence-corrected chi connectivity index (χ0v) is 7.72. The summed E-state index contributed by atoms with van der Waals surface area (Å²) in [6, 6.07) is 1.43. The van der Waals surface area contributed by atoms with Crippen LogP contribution < -0.4 is 5.56 Å². The number of hydrogen-bond donors (Lipinski definition) is 1. The van der Waals surface area contributed by atoms with E-state index in [1.54, 1.807) is 6.20 Å². The molecule has 66 valence electrons. The third-order valence-electron chi connectivity index (χ3n) is 2.20. The van der Waals surface area contributed by atoms with Crippen molar-refractivity contribution in [1.29, 1.82) is 0 Å². The number of rotatable bonds is 2. The summed E-state index contributed by atoms with van der Waals surface area (Å²) in [6.45, 7) is 6.20. The van der Waals surface area contributed by atoms with Crippen molar-refractivity contribution in [2.24, 2.45) is 0 Å². The summed E-state index contributed by atoms with van der Waals surface area (Å²) >= 11 is 0. The molecular formula is C9H14N2O. The fourth-order valence-corrected chi connectivity index (χ4v) is 0.882. The van der Waals surface area contributed by atoms with Crippen molar-refractivity contribution in [2.45, 2.75) is 32.6 Å². The topological polar surface area (TPSA) is 45.8 Å². The maximum atomic E-state index is 11.0. The maximum Gasteiger partial charge on any atom is 0.250 e. The molecule has 0 aliphatic carbocycles. The van der Waals surface area contributed by atoms with Crippen LogP contribution in [-0.4, -0.2) is 9.97 Å². The van der Waals surface area contributed by atoms with E-state index in [0.717, 1.165) is 12.2 Å². The van der Waals surface area contributed by atoms with Crippen molar-refractivity contribution in [3.63, 3.8) is 0 Å². The zero-order chi connectivity index (χ0) is 9.19. The van der Waals surface area contributed by atoms with Crippen LogP contribution in [0.2, 0.25) is 0 Å². The number of aromatic amines is 1. The molecule has 1 aromatic rings. The highest BCUT2D eigenvalue weighted by Gasteiger charge is 2.19. The highest BCUT2D eigenvalue weighted by Crippen LogP contribution is 2.21. The Morgan fingerprint density at radius 1 is 1.58 bits per heavy atom. The van der Waals surface area contributed by atoms with E-state index in [4.69, 9.17) is 0 Å². The van der Waals surface area contributed by atoms with E-state index in [9.17, 15) is 4.79 Å². The summed E-state index contributed by atoms with van der Waals surface area (Å²) in [5.74, 6) is 0.762. The Labute approximate surface area is 71.9 Å². The Hall–Kier alpha value is -1.12. The van der Waals surface area contributed by atoms with E-state index < -0.39 is 0 Å². The number of H-pyrrole nitrogens is 1. The largest absolute Gasteiger partial charge is 0.310 e. The minimum Gasteiger partial charge on any atom is -0.310 e. The van der Waals surface area contributed by atoms with Crippen LogP contribution in [0.3, 0.4) is 0 Å². The van der Waals surface area contributed by atoms with Crippen LogP contribution in [0.25, 0.3) is 0 Å². The molecule has 0 aromatic carbocycles. The summed E-state index contributed by atoms with van der Waals surface area (Å²) in [6.07, 6.45) is 2.51. The molecular weight excluding hydrogens is 152 g/mol. The smallest absolute Gasteiger partial charge is 0.250 e. The van der Waals surface area contributed by atoms with Crippen molar-refractivity contribution in [3.8, 4) is 0 Å². The lowest BCUT2D eigenvalue weighted by Crippen LogP contribution is -2.23. The molecule has 0 atom stereocenters. The van der Waals surface area contributed by atoms with Crippen LogP contribution in [0.1, 0.15) is 33.0 Å². The zero-order valence-electron chi connectivity index (χ0n) is 7.72. The number of nitrogens with zero attached hydrogens (tertiary/aromatic N) is 1. The average molecular weight is 166 g/mol. The summed E-state index contributed by atoms with van der Waals surface area (Å²) < 4.78 is 0. The molecule has 0 spiro atoms. The maximum absolute atomic E-state index is 11.0. The molecule has 0 saturated heterocycles. The minimum absolute atomic E-state index is 0.0413. The molecule has 0 fully saturated rings. The quantitative estimate of drug-likeness (QED) is 0.722. The Morgan fingerprint density at radius 3 is 2.75 bits per heavy atom. The van der Waals surface area contributed by atoms with Crippen molar-refractivity contribution in [1.82, 2.24) is 9.97 Å². The highest BCUT2D eigenvalue weighted by molar-refractivity contribution is 5.02. The lowest BCUT2D eigenvalue weighted by molar-refractivity contribution is 0.471. The highest BCUT2D eigenvalue weighted by atomic mass is 16.1. The molecule has 1 aromatic heterocycles. The molecule has 0 bridgehead atoms. The number of aromatic nitrogens is 2. The van der Waals surface area contributed by atoms with Crippen molar-refractivity contribution in [3.05, 3.63) is 28.4 Å². The van der Waals surface area contributed by atoms with Crippen molar-refractivity contribution >= 4 is 0 Å². The molecule has 3 heteroatoms. The van der Waals surface area contributed by atoms with Crippen LogP contribution in [0, 0.1) is 0 Å². The first-order valence-electron chi connectivity index (χ1n) is 4.12. The Morgan fingerprint density at radius 2 is 2.25 bits per heavy atom. The Balaban J connectivity index is 3.11. The van der Waals surface area contributed by atoms with Gasteiger partial charge in [0.05, 0.1) is 0 Å². The van der Waals surface area contributed by atoms with Crippen LogP contribution >= 0.6 is 0 Å². The predicted molar refractivity (Wildman–Crippen MR) is 48.2 cm³/mol. The molecule has 1 heterocycles. The molecule has 12 heavy (non-hydrogen) atoms. The van der Waals surface area contributed by atoms with Gasteiger partial charge in [-0.3, -0.25) is 4.79 Å². The van der Waals surface area contributed by atoms with Gasteiger partial charge in [-0.25, -0.2) is 4.98 Å². The first-order chi connectivity index (χ1) is 5.56. The van der Waals surface area contributed by atoms with Gasteiger partial charge in [0.15, 0.2) is 0 Å². The van der Waals surface area contributed by atoms with E-state index in [1.807, 2.05) is 0 Å². The van der Waals surface area contributed by atoms with Gasteiger partial charge < -0.3 is 4.98 Å². The predicted octanol–water partition coefficient (Wildman–Crippen LogP) is 1.46. The van der Waals surface area contributed by atoms with E-state index in [1.165, 1.54) is 6.07 Å². The molecule has 3 nitrogen and oxygen atoms in total. The second-order valence-corrected chi connectivity index (χ2v) is 3.52. The normalized spacial score (nSPS) is 11.6. The average Bonchev–Trinajstić information content (AvgIpc) is 2.05. The first kappa shape index (κ1) is 8.97. The van der Waals surface area contributed by atoms with E-state index >= 15 is 0 Å². The second kappa shape index (κ2) is 3.09. The monoisotopic (exact) mass is 166 g/mol. The fourth-order valence-electron chi connectivity index (χ4n) is 0.882. The van der Waals surface area contributed by atoms with E-state index in [-0.39, 0.29) is 11.0 Å². The van der Waals surface area contributed by atoms with Gasteiger partial charge in [0.2, 0.25) is 0 Å². The fraction of sp³-hybridized carbons (Fsp3) is 0.556. The van der Waals surface area contributed by atoms with Crippen molar-refractivity contribution in [2.75, 3.05) is 0 Å². The molecule has 0 aliphatic heterocycles. The summed E-state index contributed by atoms with van der Waals surface area (Å²) in [4.78, 5) is 17.8. The molecule has 1 rings (SSSR count). The SMILES string of the molecule is CCC(C)(C)c1nccc(=O)[nH]1. The molecule has 0 radical (unpaired) electrons. The Kier molecular flexibility index (Phi) is 2.31. The molecule has 0 unspecified atom stereocenters. The van der Waals surface area contributed by atoms with Gasteiger partial charge in [0.1, 0.15) is 5.82 Å². The summed E-state index contributed by atoms with van der Waals surface area (Å²) in [5.41, 5.74) is -0.123. The lowest BCUT2D eigenvalue weighted by atomic mass is 9.89. The first-order valence-corrected chi connectivity index (χ1v) is 4.12. The van der Waals surface area contributed by atoms with Crippen LogP contribution in [0.15, 0.2) is 17.1 Å². The van der Waals surface area contributed by atoms with Crippen LogP contribution in [0.5, 0.6) is 0 Å². The minimum atomic E-state index is -0.0819. The van der Waals surface area contributed by atoms with Gasteiger partial charge in [0.25, 0.3) is 5.56 Å². The number of nitrogens with one attached hydrogen (secondary N) is 1. The molecule has 0 aliphatic rings. The van der Waals surface area contributed by atoms with Gasteiger partial charge in [-0.2, -0.15) is 0 Å². The molecule has 1 N–H and O–H groups in total. The summed E-state index contributed by atoms with van der Waals surface area (Å²) in [7, 11) is 0. The Bertz CT molecular complexity index is 314. The standard InChI is InChI=1S/C9H14N2O/c1-4-9(2,3)8-10-6-5-7(12)11-8/h5-6H,4H2,1-3H3,(H,10,11,12). The summed E-state index contributed by atoms with van der Waals surface area (Å²) in [5, 5.41) is 0. The van der Waals surface area contributed by atoms with E-state index in [0.29, 0.717) is 0 Å². The second-order valence-electron chi connectivity index (χ2n) is 3.52. The third kappa shape index (κ3) is 1.72. The number of hydrogen-bond acceptors (Lipinski definition) is 2. The van der Waals surface area contributed by atoms with Gasteiger partial charge in [0, 0.05) is 17.7 Å². The van der Waals surface area contributed by atoms with Crippen LogP contribution in [-0.2, 0) is 5.41 Å².